The quantitative estimate of drug-likeness (QED) is 0.210. The van der Waals surface area contributed by atoms with Crippen molar-refractivity contribution in [1.29, 1.82) is 0 Å². The van der Waals surface area contributed by atoms with Gasteiger partial charge in [0.15, 0.2) is 0 Å². The second-order valence-corrected chi connectivity index (χ2v) is 6.68. The van der Waals surface area contributed by atoms with Gasteiger partial charge in [0.2, 0.25) is 0 Å². The molecule has 0 aromatic rings. The van der Waals surface area contributed by atoms with Crippen LogP contribution in [0.3, 0.4) is 0 Å². The summed E-state index contributed by atoms with van der Waals surface area (Å²) in [5, 5.41) is 0. The maximum atomic E-state index is 11.1. The fourth-order valence-electron chi connectivity index (χ4n) is 1.35. The fraction of sp³-hybridized carbons (Fsp3) is 1.00. The maximum Gasteiger partial charge on any atom is 1.00 e. The van der Waals surface area contributed by atoms with Crippen molar-refractivity contribution in [1.82, 2.24) is 4.67 Å². The van der Waals surface area contributed by atoms with Crippen LogP contribution >= 0.6 is 15.6 Å². The molecule has 11 heteroatoms. The first-order chi connectivity index (χ1) is 8.17. The summed E-state index contributed by atoms with van der Waals surface area (Å²) >= 11 is 0. The molecule has 0 amide bonds. The van der Waals surface area contributed by atoms with Crippen LogP contribution in [0.2, 0.25) is 0 Å². The molecule has 112 valence electrons. The molecular formula is C8H22NNaO7P2. The van der Waals surface area contributed by atoms with Crippen molar-refractivity contribution in [3.05, 3.63) is 0 Å². The van der Waals surface area contributed by atoms with Crippen molar-refractivity contribution in [3.8, 4) is 0 Å². The molecule has 0 rings (SSSR count). The first kappa shape index (κ1) is 22.5. The topological polar surface area (TPSA) is 128 Å². The van der Waals surface area contributed by atoms with Gasteiger partial charge in [-0.25, -0.2) is 13.8 Å². The van der Waals surface area contributed by atoms with Gasteiger partial charge in [-0.1, -0.05) is 19.8 Å². The van der Waals surface area contributed by atoms with E-state index in [-0.39, 0.29) is 57.1 Å². The van der Waals surface area contributed by atoms with E-state index in [0.29, 0.717) is 6.42 Å². The molecule has 0 aliphatic rings. The molecule has 0 aromatic carbocycles. The summed E-state index contributed by atoms with van der Waals surface area (Å²) in [4.78, 5) is 35.0. The summed E-state index contributed by atoms with van der Waals surface area (Å²) in [6.07, 6.45) is 2.62. The Kier molecular flexibility index (Phi) is 12.9. The van der Waals surface area contributed by atoms with Gasteiger partial charge in [0.25, 0.3) is 0 Å². The minimum Gasteiger partial charge on any atom is -1.00 e. The summed E-state index contributed by atoms with van der Waals surface area (Å²) in [5.41, 5.74) is 0. The Morgan fingerprint density at radius 1 is 1.05 bits per heavy atom. The van der Waals surface area contributed by atoms with Gasteiger partial charge in [-0.2, -0.15) is 0 Å². The third-order valence-corrected chi connectivity index (χ3v) is 3.86. The first-order valence-corrected chi connectivity index (χ1v) is 8.77. The summed E-state index contributed by atoms with van der Waals surface area (Å²) in [6.45, 7) is 2.03. The molecule has 0 aromatic heterocycles. The Balaban J connectivity index is -0.00000144. The van der Waals surface area contributed by atoms with Crippen molar-refractivity contribution < 1.29 is 64.2 Å². The van der Waals surface area contributed by atoms with E-state index in [1.807, 2.05) is 6.92 Å². The normalized spacial score (nSPS) is 12.5. The molecule has 0 radical (unpaired) electrons. The van der Waals surface area contributed by atoms with Crippen LogP contribution in [0.15, 0.2) is 0 Å². The number of hydrogen-bond donors (Lipinski definition) is 4. The molecule has 0 heterocycles. The van der Waals surface area contributed by atoms with Crippen molar-refractivity contribution in [2.24, 2.45) is 0 Å². The van der Waals surface area contributed by atoms with Crippen molar-refractivity contribution in [2.45, 2.75) is 32.6 Å². The van der Waals surface area contributed by atoms with Crippen LogP contribution in [-0.2, 0) is 13.7 Å². The van der Waals surface area contributed by atoms with Gasteiger partial charge in [-0.3, -0.25) is 4.52 Å². The third-order valence-electron chi connectivity index (χ3n) is 2.21. The zero-order chi connectivity index (χ0) is 14.2. The van der Waals surface area contributed by atoms with Crippen LogP contribution < -0.4 is 29.6 Å². The van der Waals surface area contributed by atoms with Gasteiger partial charge < -0.3 is 21.0 Å². The Morgan fingerprint density at radius 2 is 1.58 bits per heavy atom. The van der Waals surface area contributed by atoms with Crippen LogP contribution in [0, 0.1) is 0 Å². The van der Waals surface area contributed by atoms with Crippen LogP contribution in [-0.4, -0.2) is 43.9 Å². The number of phosphoric ester groups is 1. The van der Waals surface area contributed by atoms with E-state index in [1.165, 1.54) is 0 Å². The Bertz CT molecular complexity index is 324. The Hall–Kier alpha value is 1.22. The van der Waals surface area contributed by atoms with E-state index >= 15 is 0 Å². The van der Waals surface area contributed by atoms with E-state index in [4.69, 9.17) is 19.6 Å². The molecule has 0 bridgehead atoms. The largest absolute Gasteiger partial charge is 1.00 e. The zero-order valence-corrected chi connectivity index (χ0v) is 15.1. The van der Waals surface area contributed by atoms with E-state index in [2.05, 4.69) is 4.52 Å². The number of unbranched alkanes of at least 4 members (excludes halogenated alkanes) is 2. The fourth-order valence-corrected chi connectivity index (χ4v) is 2.52. The third kappa shape index (κ3) is 13.9. The van der Waals surface area contributed by atoms with Gasteiger partial charge in [-0.05, 0) is 12.8 Å². The minimum absolute atomic E-state index is 0. The monoisotopic (exact) mass is 329 g/mol. The minimum atomic E-state index is -4.50. The van der Waals surface area contributed by atoms with Crippen LogP contribution in [0.5, 0.6) is 0 Å². The zero-order valence-electron chi connectivity index (χ0n) is 12.3. The van der Waals surface area contributed by atoms with Crippen molar-refractivity contribution >= 4 is 15.6 Å². The summed E-state index contributed by atoms with van der Waals surface area (Å²) in [7, 11) is -8.82. The summed E-state index contributed by atoms with van der Waals surface area (Å²) in [6, 6.07) is 0. The molecule has 0 fully saturated rings. The van der Waals surface area contributed by atoms with Crippen LogP contribution in [0.25, 0.3) is 0 Å². The predicted octanol–water partition coefficient (Wildman–Crippen LogP) is -1.81. The molecule has 0 atom stereocenters. The molecule has 0 aliphatic carbocycles. The van der Waals surface area contributed by atoms with Crippen LogP contribution in [0.1, 0.15) is 34.0 Å². The van der Waals surface area contributed by atoms with Gasteiger partial charge in [0.1, 0.15) is 0 Å². The summed E-state index contributed by atoms with van der Waals surface area (Å²) < 4.78 is 26.7. The van der Waals surface area contributed by atoms with E-state index in [1.54, 1.807) is 0 Å². The maximum absolute atomic E-state index is 11.1. The first-order valence-electron chi connectivity index (χ1n) is 5.68. The molecule has 0 aliphatic heterocycles. The predicted molar refractivity (Wildman–Crippen MR) is 66.9 cm³/mol. The molecule has 0 saturated carbocycles. The van der Waals surface area contributed by atoms with Gasteiger partial charge in [0, 0.05) is 13.1 Å². The Morgan fingerprint density at radius 3 is 2.00 bits per heavy atom. The standard InChI is InChI=1S/C8H21NO7P2.Na.H/c1-2-3-4-6-9(17(10,11)12)7-5-8-16-18(13,14)15;;/h2-8H2,1H3,(H2,10,11,12)(H2,13,14,15);;/q;+1;-1. The van der Waals surface area contributed by atoms with Gasteiger partial charge in [0.05, 0.1) is 6.61 Å². The summed E-state index contributed by atoms with van der Waals surface area (Å²) in [5.74, 6) is 0. The average molecular weight is 329 g/mol. The average Bonchev–Trinajstić information content (AvgIpc) is 2.18. The number of nitrogens with zero attached hydrogens (tertiary/aromatic N) is 1. The van der Waals surface area contributed by atoms with E-state index in [0.717, 1.165) is 17.5 Å². The smallest absolute Gasteiger partial charge is 1.00 e. The SMILES string of the molecule is CCCCCN(CCCOP(=O)(O)O)P(=O)(O)O.[H-].[Na+]. The van der Waals surface area contributed by atoms with E-state index in [9.17, 15) is 9.13 Å². The second kappa shape index (κ2) is 10.9. The molecule has 4 N–H and O–H groups in total. The van der Waals surface area contributed by atoms with Crippen LogP contribution in [0.4, 0.5) is 0 Å². The number of hydrogen-bond acceptors (Lipinski definition) is 3. The van der Waals surface area contributed by atoms with Crippen molar-refractivity contribution in [3.63, 3.8) is 0 Å². The molecule has 8 nitrogen and oxygen atoms in total. The molecule has 0 spiro atoms. The molecule has 19 heavy (non-hydrogen) atoms. The van der Waals surface area contributed by atoms with Gasteiger partial charge >= 0.3 is 45.1 Å². The Labute approximate surface area is 136 Å². The molecule has 0 unspecified atom stereocenters. The van der Waals surface area contributed by atoms with E-state index < -0.39 is 15.6 Å². The number of rotatable bonds is 10. The van der Waals surface area contributed by atoms with Gasteiger partial charge in [-0.15, -0.1) is 0 Å². The van der Waals surface area contributed by atoms with Crippen molar-refractivity contribution in [2.75, 3.05) is 19.7 Å². The second-order valence-electron chi connectivity index (χ2n) is 3.85. The molecular weight excluding hydrogens is 307 g/mol. The molecule has 0 saturated heterocycles. The number of phosphoric acid groups is 1.